The number of carboxylic acid groups (broad SMARTS) is 1. The van der Waals surface area contributed by atoms with Crippen LogP contribution >= 0.6 is 34.3 Å². The Balaban J connectivity index is 1.90. The second kappa shape index (κ2) is 7.68. The smallest absolute Gasteiger partial charge is 0.334 e. The molecule has 0 aliphatic carbocycles. The maximum Gasteiger partial charge on any atom is 0.334 e. The Morgan fingerprint density at radius 3 is 2.86 bits per heavy atom. The molecule has 0 fully saturated rings. The summed E-state index contributed by atoms with van der Waals surface area (Å²) >= 11 is 8.74. The second-order valence-corrected chi connectivity index (χ2v) is 6.86. The van der Waals surface area contributed by atoms with Crippen LogP contribution in [-0.2, 0) is 20.7 Å². The molecule has 2 heterocycles. The number of thiophene rings is 1. The maximum absolute atomic E-state index is 11.8. The topological polar surface area (TPSA) is 88.5 Å². The molecule has 0 saturated carbocycles. The van der Waals surface area contributed by atoms with Gasteiger partial charge in [-0.1, -0.05) is 11.6 Å². The number of halogens is 1. The van der Waals surface area contributed by atoms with E-state index in [2.05, 4.69) is 10.3 Å². The lowest BCUT2D eigenvalue weighted by molar-refractivity contribution is -0.148. The number of carboxylic acids is 1. The van der Waals surface area contributed by atoms with Gasteiger partial charge in [0.15, 0.2) is 6.10 Å². The molecule has 2 N–H and O–H groups in total. The standard InChI is InChI=1S/C13H13ClN2O4S2/c1-20-8(13(18)19)5-15-11(17)4-7-6-21-12(16-7)9-2-3-10(14)22-9/h2-3,6,8H,4-5H2,1H3,(H,15,17)(H,18,19). The maximum atomic E-state index is 11.8. The number of nitrogens with one attached hydrogen (secondary N) is 1. The minimum absolute atomic E-state index is 0.0812. The Kier molecular flexibility index (Phi) is 5.90. The van der Waals surface area contributed by atoms with Crippen LogP contribution < -0.4 is 5.32 Å². The lowest BCUT2D eigenvalue weighted by Crippen LogP contribution is -2.38. The van der Waals surface area contributed by atoms with Crippen molar-refractivity contribution in [2.24, 2.45) is 0 Å². The second-order valence-electron chi connectivity index (χ2n) is 4.29. The third kappa shape index (κ3) is 4.51. The van der Waals surface area contributed by atoms with Gasteiger partial charge in [0.2, 0.25) is 5.91 Å². The van der Waals surface area contributed by atoms with Crippen molar-refractivity contribution < 1.29 is 19.4 Å². The Labute approximate surface area is 139 Å². The number of carbonyl (C=O) groups is 2. The molecule has 1 unspecified atom stereocenters. The molecule has 0 radical (unpaired) electrons. The number of rotatable bonds is 7. The van der Waals surface area contributed by atoms with E-state index in [1.54, 1.807) is 11.4 Å². The molecule has 0 aliphatic heterocycles. The zero-order valence-electron chi connectivity index (χ0n) is 11.5. The largest absolute Gasteiger partial charge is 0.479 e. The molecule has 0 spiro atoms. The Morgan fingerprint density at radius 1 is 1.50 bits per heavy atom. The zero-order valence-corrected chi connectivity index (χ0v) is 13.9. The van der Waals surface area contributed by atoms with E-state index in [-0.39, 0.29) is 18.9 Å². The summed E-state index contributed by atoms with van der Waals surface area (Å²) in [6, 6.07) is 3.68. The van der Waals surface area contributed by atoms with Crippen LogP contribution in [0.1, 0.15) is 5.69 Å². The number of ether oxygens (including phenoxy) is 1. The van der Waals surface area contributed by atoms with Crippen LogP contribution in [-0.4, -0.2) is 41.7 Å². The van der Waals surface area contributed by atoms with Crippen LogP contribution in [0.3, 0.4) is 0 Å². The van der Waals surface area contributed by atoms with Gasteiger partial charge < -0.3 is 15.2 Å². The molecule has 0 saturated heterocycles. The molecule has 1 atom stereocenters. The predicted molar refractivity (Wildman–Crippen MR) is 85.6 cm³/mol. The van der Waals surface area contributed by atoms with Crippen molar-refractivity contribution in [1.82, 2.24) is 10.3 Å². The molecule has 0 bridgehead atoms. The van der Waals surface area contributed by atoms with E-state index in [0.717, 1.165) is 9.88 Å². The first-order valence-corrected chi connectivity index (χ1v) is 8.29. The molecule has 6 nitrogen and oxygen atoms in total. The number of hydrogen-bond donors (Lipinski definition) is 2. The molecule has 1 amide bonds. The molecule has 2 rings (SSSR count). The van der Waals surface area contributed by atoms with Gasteiger partial charge in [0, 0.05) is 12.5 Å². The van der Waals surface area contributed by atoms with Crippen molar-refractivity contribution >= 4 is 46.2 Å². The van der Waals surface area contributed by atoms with Crippen LogP contribution in [0.25, 0.3) is 9.88 Å². The average Bonchev–Trinajstić information content (AvgIpc) is 3.08. The minimum Gasteiger partial charge on any atom is -0.479 e. The SMILES string of the molecule is COC(CNC(=O)Cc1csc(-c2ccc(Cl)s2)n1)C(=O)O. The zero-order chi connectivity index (χ0) is 16.1. The lowest BCUT2D eigenvalue weighted by Gasteiger charge is -2.10. The summed E-state index contributed by atoms with van der Waals surface area (Å²) in [7, 11) is 1.28. The van der Waals surface area contributed by atoms with Crippen molar-refractivity contribution in [3.63, 3.8) is 0 Å². The van der Waals surface area contributed by atoms with E-state index in [9.17, 15) is 9.59 Å². The predicted octanol–water partition coefficient (Wildman–Crippen LogP) is 2.28. The summed E-state index contributed by atoms with van der Waals surface area (Å²) < 4.78 is 5.42. The molecule has 118 valence electrons. The lowest BCUT2D eigenvalue weighted by atomic mass is 10.3. The Hall–Kier alpha value is -1.48. The van der Waals surface area contributed by atoms with E-state index >= 15 is 0 Å². The summed E-state index contributed by atoms with van der Waals surface area (Å²) in [6.07, 6.45) is -0.964. The number of thiazole rings is 1. The third-order valence-electron chi connectivity index (χ3n) is 2.72. The summed E-state index contributed by atoms with van der Waals surface area (Å²) in [6.45, 7) is -0.0812. The Bertz CT molecular complexity index is 671. The first kappa shape index (κ1) is 16.9. The molecule has 22 heavy (non-hydrogen) atoms. The van der Waals surface area contributed by atoms with Gasteiger partial charge in [-0.2, -0.15) is 0 Å². The van der Waals surface area contributed by atoms with Crippen LogP contribution in [0.5, 0.6) is 0 Å². The molecule has 2 aromatic heterocycles. The Morgan fingerprint density at radius 2 is 2.27 bits per heavy atom. The van der Waals surface area contributed by atoms with Gasteiger partial charge in [-0.3, -0.25) is 4.79 Å². The van der Waals surface area contributed by atoms with Gasteiger partial charge in [0.1, 0.15) is 5.01 Å². The first-order chi connectivity index (χ1) is 10.5. The summed E-state index contributed by atoms with van der Waals surface area (Å²) in [4.78, 5) is 27.9. The fourth-order valence-corrected chi connectivity index (χ4v) is 3.57. The number of carbonyl (C=O) groups excluding carboxylic acids is 1. The van der Waals surface area contributed by atoms with Crippen molar-refractivity contribution in [2.75, 3.05) is 13.7 Å². The number of hydrogen-bond acceptors (Lipinski definition) is 6. The van der Waals surface area contributed by atoms with Gasteiger partial charge >= 0.3 is 5.97 Å². The highest BCUT2D eigenvalue weighted by atomic mass is 35.5. The van der Waals surface area contributed by atoms with Crippen molar-refractivity contribution in [3.05, 3.63) is 27.5 Å². The van der Waals surface area contributed by atoms with E-state index in [1.165, 1.54) is 29.8 Å². The number of aromatic nitrogens is 1. The molecule has 2 aromatic rings. The van der Waals surface area contributed by atoms with Gasteiger partial charge in [0.05, 0.1) is 27.9 Å². The fourth-order valence-electron chi connectivity index (χ4n) is 1.64. The quantitative estimate of drug-likeness (QED) is 0.790. The third-order valence-corrected chi connectivity index (χ3v) is 5.01. The molecule has 0 aromatic carbocycles. The highest BCUT2D eigenvalue weighted by Gasteiger charge is 2.17. The van der Waals surface area contributed by atoms with Crippen LogP contribution in [0, 0.1) is 0 Å². The highest BCUT2D eigenvalue weighted by molar-refractivity contribution is 7.23. The fraction of sp³-hybridized carbons (Fsp3) is 0.308. The van der Waals surface area contributed by atoms with Gasteiger partial charge in [-0.05, 0) is 12.1 Å². The van der Waals surface area contributed by atoms with Crippen molar-refractivity contribution in [2.45, 2.75) is 12.5 Å². The van der Waals surface area contributed by atoms with Gasteiger partial charge in [0.25, 0.3) is 0 Å². The summed E-state index contributed by atoms with van der Waals surface area (Å²) in [5.74, 6) is -1.42. The first-order valence-electron chi connectivity index (χ1n) is 6.22. The summed E-state index contributed by atoms with van der Waals surface area (Å²) in [5, 5.41) is 13.9. The summed E-state index contributed by atoms with van der Waals surface area (Å²) in [5.41, 5.74) is 0.631. The van der Waals surface area contributed by atoms with Gasteiger partial charge in [-0.25, -0.2) is 9.78 Å². The molecular formula is C13H13ClN2O4S2. The van der Waals surface area contributed by atoms with Gasteiger partial charge in [-0.15, -0.1) is 22.7 Å². The molecule has 0 aliphatic rings. The van der Waals surface area contributed by atoms with Crippen molar-refractivity contribution in [1.29, 1.82) is 0 Å². The van der Waals surface area contributed by atoms with Crippen molar-refractivity contribution in [3.8, 4) is 9.88 Å². The number of methoxy groups -OCH3 is 1. The van der Waals surface area contributed by atoms with E-state index in [0.29, 0.717) is 10.0 Å². The highest BCUT2D eigenvalue weighted by Crippen LogP contribution is 2.32. The number of aliphatic carboxylic acids is 1. The number of amides is 1. The van der Waals surface area contributed by atoms with Crippen LogP contribution in [0.15, 0.2) is 17.5 Å². The monoisotopic (exact) mass is 360 g/mol. The van der Waals surface area contributed by atoms with E-state index < -0.39 is 12.1 Å². The van der Waals surface area contributed by atoms with Crippen LogP contribution in [0.2, 0.25) is 4.34 Å². The molecular weight excluding hydrogens is 348 g/mol. The van der Waals surface area contributed by atoms with E-state index in [1.807, 2.05) is 6.07 Å². The van der Waals surface area contributed by atoms with Crippen LogP contribution in [0.4, 0.5) is 0 Å². The number of nitrogens with zero attached hydrogens (tertiary/aromatic N) is 1. The molecule has 9 heteroatoms. The normalized spacial score (nSPS) is 12.1. The average molecular weight is 361 g/mol. The minimum atomic E-state index is -1.12. The van der Waals surface area contributed by atoms with E-state index in [4.69, 9.17) is 21.4 Å².